The maximum Gasteiger partial charge on any atom is 0.307 e. The predicted octanol–water partition coefficient (Wildman–Crippen LogP) is 2.20. The van der Waals surface area contributed by atoms with Crippen LogP contribution in [0, 0.1) is 5.41 Å². The molecule has 0 radical (unpaired) electrons. The highest BCUT2D eigenvalue weighted by molar-refractivity contribution is 5.84. The van der Waals surface area contributed by atoms with E-state index in [0.29, 0.717) is 51.7 Å². The number of nitrogens with zero attached hydrogens (tertiary/aromatic N) is 1. The molecular formula is C32H62N4O8. The van der Waals surface area contributed by atoms with Gasteiger partial charge < -0.3 is 41.3 Å². The predicted molar refractivity (Wildman–Crippen MR) is 171 cm³/mol. The molecule has 0 fully saturated rings. The average molecular weight is 631 g/mol. The smallest absolute Gasteiger partial charge is 0.307 e. The first-order chi connectivity index (χ1) is 20.5. The highest BCUT2D eigenvalue weighted by atomic mass is 16.5. The normalized spacial score (nSPS) is 14.9. The Morgan fingerprint density at radius 2 is 1.48 bits per heavy atom. The number of aliphatic hydroxyl groups is 2. The number of unbranched alkanes of at least 4 members (excludes halogenated alkanes) is 2. The van der Waals surface area contributed by atoms with E-state index in [9.17, 15) is 29.4 Å². The number of ether oxygens (including phenoxy) is 2. The number of carbonyl (C=O) groups is 4. The van der Waals surface area contributed by atoms with Crippen molar-refractivity contribution >= 4 is 24.1 Å². The van der Waals surface area contributed by atoms with Gasteiger partial charge in [0, 0.05) is 18.5 Å². The highest BCUT2D eigenvalue weighted by Gasteiger charge is 2.23. The van der Waals surface area contributed by atoms with E-state index in [1.54, 1.807) is 0 Å². The van der Waals surface area contributed by atoms with Gasteiger partial charge >= 0.3 is 11.9 Å². The molecule has 0 saturated carbocycles. The van der Waals surface area contributed by atoms with Gasteiger partial charge in [0.15, 0.2) is 0 Å². The lowest BCUT2D eigenvalue weighted by Gasteiger charge is -2.35. The highest BCUT2D eigenvalue weighted by Crippen LogP contribution is 2.21. The number of nitrogens with two attached hydrogens (primary N) is 2. The van der Waals surface area contributed by atoms with E-state index in [1.807, 2.05) is 20.8 Å². The first-order valence-electron chi connectivity index (χ1n) is 16.1. The molecule has 0 saturated heterocycles. The quantitative estimate of drug-likeness (QED) is 0.0596. The van der Waals surface area contributed by atoms with Crippen molar-refractivity contribution in [3.8, 4) is 0 Å². The van der Waals surface area contributed by atoms with Crippen molar-refractivity contribution in [1.29, 1.82) is 0 Å². The summed E-state index contributed by atoms with van der Waals surface area (Å²) in [6.07, 6.45) is 4.21. The number of rotatable bonds is 24. The van der Waals surface area contributed by atoms with Crippen LogP contribution in [0.5, 0.6) is 0 Å². The Bertz CT molecular complexity index is 828. The van der Waals surface area contributed by atoms with Gasteiger partial charge in [0.05, 0.1) is 31.2 Å². The summed E-state index contributed by atoms with van der Waals surface area (Å²) in [5.41, 5.74) is 11.2. The molecule has 0 spiro atoms. The zero-order chi connectivity index (χ0) is 33.8. The molecule has 0 aromatic carbocycles. The number of nitrogens with one attached hydrogen (secondary N) is 1. The molecule has 44 heavy (non-hydrogen) atoms. The Kier molecular flexibility index (Phi) is 21.3. The lowest BCUT2D eigenvalue weighted by molar-refractivity contribution is -0.150. The van der Waals surface area contributed by atoms with E-state index in [-0.39, 0.29) is 55.3 Å². The van der Waals surface area contributed by atoms with Crippen molar-refractivity contribution in [2.75, 3.05) is 32.8 Å². The summed E-state index contributed by atoms with van der Waals surface area (Å²) in [6, 6.07) is -1.24. The Hall–Kier alpha value is -2.12. The van der Waals surface area contributed by atoms with Crippen LogP contribution in [0.4, 0.5) is 0 Å². The average Bonchev–Trinajstić information content (AvgIpc) is 2.94. The molecule has 0 aromatic rings. The number of hydrogen-bond donors (Lipinski definition) is 5. The van der Waals surface area contributed by atoms with Crippen LogP contribution in [0.3, 0.4) is 0 Å². The van der Waals surface area contributed by atoms with Gasteiger partial charge in [-0.15, -0.1) is 0 Å². The molecule has 12 nitrogen and oxygen atoms in total. The van der Waals surface area contributed by atoms with Crippen molar-refractivity contribution in [2.24, 2.45) is 16.9 Å². The summed E-state index contributed by atoms with van der Waals surface area (Å²) in [7, 11) is 0. The first-order valence-corrected chi connectivity index (χ1v) is 16.1. The molecule has 258 valence electrons. The topological polar surface area (TPSA) is 195 Å². The second-order valence-electron chi connectivity index (χ2n) is 13.8. The van der Waals surface area contributed by atoms with Gasteiger partial charge in [0.1, 0.15) is 19.0 Å². The van der Waals surface area contributed by atoms with Gasteiger partial charge in [-0.25, -0.2) is 0 Å². The molecule has 7 N–H and O–H groups in total. The Morgan fingerprint density at radius 1 is 0.841 bits per heavy atom. The lowest BCUT2D eigenvalue weighted by atomic mass is 9.91. The van der Waals surface area contributed by atoms with Gasteiger partial charge in [-0.2, -0.15) is 0 Å². The monoisotopic (exact) mass is 630 g/mol. The van der Waals surface area contributed by atoms with E-state index in [1.165, 1.54) is 0 Å². The SMILES string of the molecule is CC(C)(C)CCC(=O)OCC(O)C(O)CCCOC(=O)CCN(CCCCC(C=O)NC(=O)C(N)CCCCN)C(C)(C)C. The van der Waals surface area contributed by atoms with Crippen LogP contribution in [0.25, 0.3) is 0 Å². The summed E-state index contributed by atoms with van der Waals surface area (Å²) >= 11 is 0. The molecule has 0 aliphatic rings. The number of esters is 2. The van der Waals surface area contributed by atoms with Crippen LogP contribution in [0.1, 0.15) is 112 Å². The molecule has 0 heterocycles. The van der Waals surface area contributed by atoms with Gasteiger partial charge in [0.25, 0.3) is 0 Å². The van der Waals surface area contributed by atoms with Crippen LogP contribution >= 0.6 is 0 Å². The summed E-state index contributed by atoms with van der Waals surface area (Å²) < 4.78 is 10.4. The zero-order valence-electron chi connectivity index (χ0n) is 28.1. The van der Waals surface area contributed by atoms with Crippen LogP contribution in [-0.4, -0.2) is 102 Å². The number of hydrogen-bond acceptors (Lipinski definition) is 11. The van der Waals surface area contributed by atoms with E-state index < -0.39 is 30.3 Å². The second kappa shape index (κ2) is 22.4. The fraction of sp³-hybridized carbons (Fsp3) is 0.875. The summed E-state index contributed by atoms with van der Waals surface area (Å²) in [6.45, 7) is 13.8. The molecule has 0 aliphatic carbocycles. The molecule has 0 aliphatic heterocycles. The molecule has 4 atom stereocenters. The number of aliphatic hydroxyl groups excluding tert-OH is 2. The molecule has 1 amide bonds. The molecule has 0 bridgehead atoms. The molecule has 4 unspecified atom stereocenters. The number of carbonyl (C=O) groups excluding carboxylic acids is 4. The van der Waals surface area contributed by atoms with Crippen LogP contribution in [0.15, 0.2) is 0 Å². The molecule has 0 rings (SSSR count). The Labute approximate surface area is 265 Å². The van der Waals surface area contributed by atoms with E-state index >= 15 is 0 Å². The molecular weight excluding hydrogens is 568 g/mol. The first kappa shape index (κ1) is 41.9. The lowest BCUT2D eigenvalue weighted by Crippen LogP contribution is -2.46. The maximum atomic E-state index is 12.3. The number of amides is 1. The van der Waals surface area contributed by atoms with E-state index in [2.05, 4.69) is 31.0 Å². The molecule has 12 heteroatoms. The van der Waals surface area contributed by atoms with Crippen molar-refractivity contribution in [3.63, 3.8) is 0 Å². The zero-order valence-corrected chi connectivity index (χ0v) is 28.1. The second-order valence-corrected chi connectivity index (χ2v) is 13.8. The van der Waals surface area contributed by atoms with Crippen molar-refractivity contribution in [2.45, 2.75) is 142 Å². The third-order valence-corrected chi connectivity index (χ3v) is 7.37. The Morgan fingerprint density at radius 3 is 2.07 bits per heavy atom. The summed E-state index contributed by atoms with van der Waals surface area (Å²) in [4.78, 5) is 50.1. The van der Waals surface area contributed by atoms with Crippen molar-refractivity contribution in [1.82, 2.24) is 10.2 Å². The van der Waals surface area contributed by atoms with Gasteiger partial charge in [0.2, 0.25) is 5.91 Å². The van der Waals surface area contributed by atoms with Gasteiger partial charge in [-0.1, -0.05) is 27.2 Å². The van der Waals surface area contributed by atoms with Crippen molar-refractivity contribution < 1.29 is 38.9 Å². The third-order valence-electron chi connectivity index (χ3n) is 7.37. The van der Waals surface area contributed by atoms with Gasteiger partial charge in [-0.3, -0.25) is 19.3 Å². The minimum atomic E-state index is -1.20. The van der Waals surface area contributed by atoms with Crippen LogP contribution in [0.2, 0.25) is 0 Å². The number of aldehydes is 1. The third kappa shape index (κ3) is 21.6. The summed E-state index contributed by atoms with van der Waals surface area (Å²) in [5, 5.41) is 22.9. The largest absolute Gasteiger partial charge is 0.466 e. The van der Waals surface area contributed by atoms with E-state index in [0.717, 1.165) is 25.5 Å². The minimum absolute atomic E-state index is 0.00287. The Balaban J connectivity index is 4.34. The standard InChI is InChI=1S/C32H62N4O8/c1-31(2,3)17-15-28(40)44-23-27(39)26(38)14-11-21-43-29(41)16-20-36(32(4,5)6)19-10-8-12-24(22-37)35-30(42)25(34)13-7-9-18-33/h22,24-27,38-39H,7-21,23,33-34H2,1-6H3,(H,35,42). The fourth-order valence-corrected chi connectivity index (χ4v) is 4.36. The van der Waals surface area contributed by atoms with Crippen LogP contribution < -0.4 is 16.8 Å². The minimum Gasteiger partial charge on any atom is -0.466 e. The van der Waals surface area contributed by atoms with Crippen molar-refractivity contribution in [3.05, 3.63) is 0 Å². The molecule has 0 aromatic heterocycles. The maximum absolute atomic E-state index is 12.3. The fourth-order valence-electron chi connectivity index (χ4n) is 4.36. The van der Waals surface area contributed by atoms with Crippen LogP contribution in [-0.2, 0) is 28.7 Å². The summed E-state index contributed by atoms with van der Waals surface area (Å²) in [5.74, 6) is -1.09. The van der Waals surface area contributed by atoms with Gasteiger partial charge in [-0.05, 0) is 90.6 Å². The van der Waals surface area contributed by atoms with E-state index in [4.69, 9.17) is 20.9 Å².